The van der Waals surface area contributed by atoms with Crippen molar-refractivity contribution in [3.05, 3.63) is 48.4 Å². The number of phenolic OH excluding ortho intramolecular Hbond substituents is 1. The molecule has 0 bridgehead atoms. The van der Waals surface area contributed by atoms with Gasteiger partial charge in [-0.1, -0.05) is 23.9 Å². The van der Waals surface area contributed by atoms with Crippen molar-refractivity contribution in [2.45, 2.75) is 10.9 Å². The number of aryl methyl sites for hydroxylation is 1. The average molecular weight is 271 g/mol. The molecule has 0 aliphatic carbocycles. The molecule has 0 spiro atoms. The lowest BCUT2D eigenvalue weighted by Gasteiger charge is -2.07. The Morgan fingerprint density at radius 3 is 2.89 bits per heavy atom. The molecule has 5 heteroatoms. The number of hydrogen-bond acceptors (Lipinski definition) is 4. The van der Waals surface area contributed by atoms with Crippen molar-refractivity contribution < 1.29 is 5.11 Å². The van der Waals surface area contributed by atoms with Gasteiger partial charge in [0.2, 0.25) is 0 Å². The molecule has 0 atom stereocenters. The average Bonchev–Trinajstić information content (AvgIpc) is 2.84. The van der Waals surface area contributed by atoms with E-state index in [1.54, 1.807) is 30.2 Å². The number of imidazole rings is 1. The van der Waals surface area contributed by atoms with Crippen LogP contribution in [0.4, 0.5) is 0 Å². The topological polar surface area (TPSA) is 50.9 Å². The molecule has 3 rings (SSSR count). The van der Waals surface area contributed by atoms with Crippen LogP contribution in [0.15, 0.2) is 48.0 Å². The third kappa shape index (κ3) is 2.29. The SMILES string of the molecule is Cn1ccnc1SCc1ccc(O)c2ncccc12. The van der Waals surface area contributed by atoms with Gasteiger partial charge in [-0.05, 0) is 17.7 Å². The van der Waals surface area contributed by atoms with Gasteiger partial charge in [0, 0.05) is 36.8 Å². The van der Waals surface area contributed by atoms with Gasteiger partial charge in [-0.2, -0.15) is 0 Å². The van der Waals surface area contributed by atoms with Crippen molar-refractivity contribution in [1.82, 2.24) is 14.5 Å². The number of pyridine rings is 1. The van der Waals surface area contributed by atoms with E-state index in [1.807, 2.05) is 36.0 Å². The number of aromatic nitrogens is 3. The molecule has 0 saturated heterocycles. The number of benzene rings is 1. The van der Waals surface area contributed by atoms with E-state index in [1.165, 1.54) is 0 Å². The minimum atomic E-state index is 0.223. The molecule has 3 aromatic rings. The van der Waals surface area contributed by atoms with E-state index in [9.17, 15) is 5.11 Å². The van der Waals surface area contributed by atoms with Crippen molar-refractivity contribution in [3.8, 4) is 5.75 Å². The minimum Gasteiger partial charge on any atom is -0.506 e. The monoisotopic (exact) mass is 271 g/mol. The molecule has 0 amide bonds. The summed E-state index contributed by atoms with van der Waals surface area (Å²) in [4.78, 5) is 8.51. The Labute approximate surface area is 115 Å². The summed E-state index contributed by atoms with van der Waals surface area (Å²) in [5, 5.41) is 11.8. The van der Waals surface area contributed by atoms with E-state index in [-0.39, 0.29) is 5.75 Å². The van der Waals surface area contributed by atoms with Gasteiger partial charge >= 0.3 is 0 Å². The van der Waals surface area contributed by atoms with E-state index in [0.717, 1.165) is 21.9 Å². The third-order valence-corrected chi connectivity index (χ3v) is 4.08. The molecule has 0 unspecified atom stereocenters. The molecule has 0 fully saturated rings. The van der Waals surface area contributed by atoms with Crippen molar-refractivity contribution >= 4 is 22.7 Å². The predicted molar refractivity (Wildman–Crippen MR) is 76.2 cm³/mol. The quantitative estimate of drug-likeness (QED) is 0.744. The molecule has 2 aromatic heterocycles. The first-order chi connectivity index (χ1) is 9.25. The van der Waals surface area contributed by atoms with Crippen molar-refractivity contribution in [3.63, 3.8) is 0 Å². The zero-order valence-electron chi connectivity index (χ0n) is 10.4. The van der Waals surface area contributed by atoms with Gasteiger partial charge in [0.05, 0.1) is 0 Å². The molecule has 1 aromatic carbocycles. The summed E-state index contributed by atoms with van der Waals surface area (Å²) in [6, 6.07) is 7.51. The van der Waals surface area contributed by atoms with Crippen LogP contribution in [0, 0.1) is 0 Å². The Bertz CT molecular complexity index is 724. The van der Waals surface area contributed by atoms with Gasteiger partial charge in [0.15, 0.2) is 5.16 Å². The van der Waals surface area contributed by atoms with Crippen LogP contribution in [-0.4, -0.2) is 19.6 Å². The highest BCUT2D eigenvalue weighted by atomic mass is 32.2. The maximum absolute atomic E-state index is 9.81. The molecule has 0 aliphatic heterocycles. The summed E-state index contributed by atoms with van der Waals surface area (Å²) in [5.41, 5.74) is 1.80. The van der Waals surface area contributed by atoms with E-state index in [2.05, 4.69) is 9.97 Å². The van der Waals surface area contributed by atoms with Crippen LogP contribution in [0.25, 0.3) is 10.9 Å². The standard InChI is InChI=1S/C14H13N3OS/c1-17-8-7-16-14(17)19-9-10-4-5-12(18)13-11(10)3-2-6-15-13/h2-8,18H,9H2,1H3. The number of thioether (sulfide) groups is 1. The van der Waals surface area contributed by atoms with E-state index in [4.69, 9.17) is 0 Å². The Kier molecular flexibility index (Phi) is 3.13. The van der Waals surface area contributed by atoms with E-state index < -0.39 is 0 Å². The maximum Gasteiger partial charge on any atom is 0.167 e. The highest BCUT2D eigenvalue weighted by Crippen LogP contribution is 2.29. The van der Waals surface area contributed by atoms with Crippen LogP contribution < -0.4 is 0 Å². The summed E-state index contributed by atoms with van der Waals surface area (Å²) < 4.78 is 1.99. The molecule has 4 nitrogen and oxygen atoms in total. The Morgan fingerprint density at radius 2 is 2.11 bits per heavy atom. The normalized spacial score (nSPS) is 11.0. The summed E-state index contributed by atoms with van der Waals surface area (Å²) in [6.07, 6.45) is 5.41. The molecular weight excluding hydrogens is 258 g/mol. The first kappa shape index (κ1) is 12.0. The molecule has 0 radical (unpaired) electrons. The second-order valence-electron chi connectivity index (χ2n) is 4.25. The van der Waals surface area contributed by atoms with Gasteiger partial charge in [0.1, 0.15) is 11.3 Å². The van der Waals surface area contributed by atoms with Crippen LogP contribution in [0.1, 0.15) is 5.56 Å². The largest absolute Gasteiger partial charge is 0.506 e. The highest BCUT2D eigenvalue weighted by Gasteiger charge is 2.07. The lowest BCUT2D eigenvalue weighted by molar-refractivity contribution is 0.480. The number of hydrogen-bond donors (Lipinski definition) is 1. The molecule has 19 heavy (non-hydrogen) atoms. The van der Waals surface area contributed by atoms with Gasteiger partial charge in [-0.3, -0.25) is 4.98 Å². The van der Waals surface area contributed by atoms with Crippen LogP contribution >= 0.6 is 11.8 Å². The van der Waals surface area contributed by atoms with Crippen LogP contribution in [0.3, 0.4) is 0 Å². The maximum atomic E-state index is 9.81. The van der Waals surface area contributed by atoms with Gasteiger partial charge < -0.3 is 9.67 Å². The zero-order chi connectivity index (χ0) is 13.2. The van der Waals surface area contributed by atoms with Gasteiger partial charge in [-0.15, -0.1) is 0 Å². The second kappa shape index (κ2) is 4.93. The second-order valence-corrected chi connectivity index (χ2v) is 5.20. The summed E-state index contributed by atoms with van der Waals surface area (Å²) >= 11 is 1.67. The van der Waals surface area contributed by atoms with Crippen LogP contribution in [0.5, 0.6) is 5.75 Å². The number of nitrogens with zero attached hydrogens (tertiary/aromatic N) is 3. The minimum absolute atomic E-state index is 0.223. The summed E-state index contributed by atoms with van der Waals surface area (Å²) in [6.45, 7) is 0. The fourth-order valence-corrected chi connectivity index (χ4v) is 2.91. The number of fused-ring (bicyclic) bond motifs is 1. The molecule has 96 valence electrons. The summed E-state index contributed by atoms with van der Waals surface area (Å²) in [7, 11) is 1.98. The van der Waals surface area contributed by atoms with Crippen molar-refractivity contribution in [2.24, 2.45) is 7.05 Å². The Morgan fingerprint density at radius 1 is 1.21 bits per heavy atom. The zero-order valence-corrected chi connectivity index (χ0v) is 11.3. The fraction of sp³-hybridized carbons (Fsp3) is 0.143. The third-order valence-electron chi connectivity index (χ3n) is 2.97. The van der Waals surface area contributed by atoms with E-state index >= 15 is 0 Å². The molecule has 1 N–H and O–H groups in total. The molecule has 0 saturated carbocycles. The smallest absolute Gasteiger partial charge is 0.167 e. The number of rotatable bonds is 3. The fourth-order valence-electron chi connectivity index (χ4n) is 1.98. The molecule has 2 heterocycles. The first-order valence-electron chi connectivity index (χ1n) is 5.91. The first-order valence-corrected chi connectivity index (χ1v) is 6.90. The number of aromatic hydroxyl groups is 1. The Hall–Kier alpha value is -2.01. The molecular formula is C14H13N3OS. The lowest BCUT2D eigenvalue weighted by Crippen LogP contribution is -1.91. The van der Waals surface area contributed by atoms with Gasteiger partial charge in [-0.25, -0.2) is 4.98 Å². The van der Waals surface area contributed by atoms with Crippen molar-refractivity contribution in [1.29, 1.82) is 0 Å². The van der Waals surface area contributed by atoms with Crippen LogP contribution in [-0.2, 0) is 12.8 Å². The van der Waals surface area contributed by atoms with Crippen LogP contribution in [0.2, 0.25) is 0 Å². The number of phenols is 1. The van der Waals surface area contributed by atoms with Gasteiger partial charge in [0.25, 0.3) is 0 Å². The van der Waals surface area contributed by atoms with E-state index in [0.29, 0.717) is 5.52 Å². The van der Waals surface area contributed by atoms with Crippen molar-refractivity contribution in [2.75, 3.05) is 0 Å². The molecule has 0 aliphatic rings. The summed E-state index contributed by atoms with van der Waals surface area (Å²) in [5.74, 6) is 1.02. The Balaban J connectivity index is 1.93. The highest BCUT2D eigenvalue weighted by molar-refractivity contribution is 7.98. The lowest BCUT2D eigenvalue weighted by atomic mass is 10.1. The predicted octanol–water partition coefficient (Wildman–Crippen LogP) is 2.97.